The zero-order chi connectivity index (χ0) is 14.9. The molecule has 114 valence electrons. The first-order chi connectivity index (χ1) is 10.8. The van der Waals surface area contributed by atoms with Gasteiger partial charge in [0.1, 0.15) is 0 Å². The zero-order valence-electron chi connectivity index (χ0n) is 11.7. The molecule has 3 aromatic rings. The summed E-state index contributed by atoms with van der Waals surface area (Å²) in [5, 5.41) is 10.5. The topological polar surface area (TPSA) is 42.2 Å². The van der Waals surface area contributed by atoms with Crippen molar-refractivity contribution < 1.29 is 4.52 Å². The number of thiophene rings is 2. The molecule has 0 amide bonds. The summed E-state index contributed by atoms with van der Waals surface area (Å²) in [6.45, 7) is 1.81. The fourth-order valence-corrected chi connectivity index (χ4v) is 4.94. The van der Waals surface area contributed by atoms with Gasteiger partial charge in [0.25, 0.3) is 0 Å². The molecule has 1 aliphatic rings. The van der Waals surface area contributed by atoms with E-state index < -0.39 is 0 Å². The molecule has 3 aromatic heterocycles. The summed E-state index contributed by atoms with van der Waals surface area (Å²) in [6, 6.07) is 4.72. The first kappa shape index (κ1) is 14.6. The number of hydrogen-bond acceptors (Lipinski definition) is 6. The highest BCUT2D eigenvalue weighted by Gasteiger charge is 2.27. The second kappa shape index (κ2) is 6.23. The molecular formula is C15H14BrN3OS2. The van der Waals surface area contributed by atoms with E-state index in [4.69, 9.17) is 4.52 Å². The van der Waals surface area contributed by atoms with Gasteiger partial charge in [0.15, 0.2) is 0 Å². The molecule has 0 radical (unpaired) electrons. The molecule has 0 aliphatic carbocycles. The van der Waals surface area contributed by atoms with Gasteiger partial charge in [-0.2, -0.15) is 16.3 Å². The molecule has 0 spiro atoms. The van der Waals surface area contributed by atoms with Crippen LogP contribution in [0.4, 0.5) is 0 Å². The average molecular weight is 396 g/mol. The van der Waals surface area contributed by atoms with Gasteiger partial charge in [-0.25, -0.2) is 0 Å². The van der Waals surface area contributed by atoms with Crippen LogP contribution in [0.15, 0.2) is 37.3 Å². The van der Waals surface area contributed by atoms with Crippen molar-refractivity contribution in [2.24, 2.45) is 0 Å². The Morgan fingerprint density at radius 2 is 2.36 bits per heavy atom. The maximum atomic E-state index is 5.45. The third-order valence-electron chi connectivity index (χ3n) is 3.89. The van der Waals surface area contributed by atoms with Gasteiger partial charge in [0.2, 0.25) is 11.7 Å². The maximum absolute atomic E-state index is 5.45. The third-order valence-corrected chi connectivity index (χ3v) is 6.27. The van der Waals surface area contributed by atoms with E-state index in [2.05, 4.69) is 47.8 Å². The van der Waals surface area contributed by atoms with Crippen molar-refractivity contribution in [3.63, 3.8) is 0 Å². The van der Waals surface area contributed by atoms with Gasteiger partial charge in [-0.05, 0) is 63.8 Å². The lowest BCUT2D eigenvalue weighted by atomic mass is 10.1. The normalized spacial score (nSPS) is 19.0. The first-order valence-corrected chi connectivity index (χ1v) is 9.74. The predicted octanol–water partition coefficient (Wildman–Crippen LogP) is 4.96. The highest BCUT2D eigenvalue weighted by atomic mass is 79.9. The SMILES string of the molecule is Brc1csc(-c2noc(CN3CCCC3c3ccsc3)n2)c1. The van der Waals surface area contributed by atoms with Crippen LogP contribution in [0.1, 0.15) is 30.3 Å². The molecular weight excluding hydrogens is 382 g/mol. The highest BCUT2D eigenvalue weighted by molar-refractivity contribution is 9.10. The van der Waals surface area contributed by atoms with Crippen LogP contribution in [0, 0.1) is 0 Å². The second-order valence-electron chi connectivity index (χ2n) is 5.33. The van der Waals surface area contributed by atoms with Gasteiger partial charge in [-0.3, -0.25) is 4.90 Å². The molecule has 1 aliphatic heterocycles. The third kappa shape index (κ3) is 2.90. The predicted molar refractivity (Wildman–Crippen MR) is 92.0 cm³/mol. The number of aromatic nitrogens is 2. The molecule has 4 nitrogen and oxygen atoms in total. The minimum Gasteiger partial charge on any atom is -0.338 e. The Hall–Kier alpha value is -1.02. The summed E-state index contributed by atoms with van der Waals surface area (Å²) in [6.07, 6.45) is 2.43. The standard InChI is InChI=1S/C15H14BrN3OS2/c16-11-6-13(22-9-11)15-17-14(20-18-15)7-19-4-1-2-12(19)10-3-5-21-8-10/h3,5-6,8-9,12H,1-2,4,7H2. The van der Waals surface area contributed by atoms with Gasteiger partial charge in [-0.1, -0.05) is 5.16 Å². The van der Waals surface area contributed by atoms with Crippen molar-refractivity contribution in [3.05, 3.63) is 44.2 Å². The summed E-state index contributed by atoms with van der Waals surface area (Å²) in [5.41, 5.74) is 1.41. The van der Waals surface area contributed by atoms with E-state index in [-0.39, 0.29) is 0 Å². The van der Waals surface area contributed by atoms with Crippen LogP contribution in [-0.4, -0.2) is 21.6 Å². The molecule has 0 bridgehead atoms. The second-order valence-corrected chi connectivity index (χ2v) is 7.93. The van der Waals surface area contributed by atoms with Gasteiger partial charge in [0, 0.05) is 15.9 Å². The Labute approximate surface area is 144 Å². The minimum atomic E-state index is 0.484. The molecule has 22 heavy (non-hydrogen) atoms. The van der Waals surface area contributed by atoms with Crippen LogP contribution in [0.25, 0.3) is 10.7 Å². The maximum Gasteiger partial charge on any atom is 0.241 e. The molecule has 1 fully saturated rings. The molecule has 1 unspecified atom stereocenters. The number of hydrogen-bond donors (Lipinski definition) is 0. The number of rotatable bonds is 4. The van der Waals surface area contributed by atoms with Gasteiger partial charge in [-0.15, -0.1) is 11.3 Å². The lowest BCUT2D eigenvalue weighted by Gasteiger charge is -2.21. The molecule has 0 N–H and O–H groups in total. The van der Waals surface area contributed by atoms with E-state index in [1.54, 1.807) is 22.7 Å². The van der Waals surface area contributed by atoms with Crippen LogP contribution < -0.4 is 0 Å². The highest BCUT2D eigenvalue weighted by Crippen LogP contribution is 2.34. The van der Waals surface area contributed by atoms with E-state index in [1.165, 1.54) is 18.4 Å². The largest absolute Gasteiger partial charge is 0.338 e. The van der Waals surface area contributed by atoms with Gasteiger partial charge >= 0.3 is 0 Å². The quantitative estimate of drug-likeness (QED) is 0.625. The van der Waals surface area contributed by atoms with Crippen molar-refractivity contribution in [1.82, 2.24) is 15.0 Å². The Kier molecular flexibility index (Phi) is 4.13. The molecule has 4 heterocycles. The minimum absolute atomic E-state index is 0.484. The van der Waals surface area contributed by atoms with Crippen molar-refractivity contribution in [2.45, 2.75) is 25.4 Å². The van der Waals surface area contributed by atoms with E-state index >= 15 is 0 Å². The molecule has 0 aromatic carbocycles. The van der Waals surface area contributed by atoms with Crippen LogP contribution in [-0.2, 0) is 6.54 Å². The van der Waals surface area contributed by atoms with Crippen LogP contribution in [0.5, 0.6) is 0 Å². The molecule has 1 atom stereocenters. The fraction of sp³-hybridized carbons (Fsp3) is 0.333. The number of nitrogens with zero attached hydrogens (tertiary/aromatic N) is 3. The fourth-order valence-electron chi connectivity index (χ4n) is 2.88. The first-order valence-electron chi connectivity index (χ1n) is 7.13. The molecule has 1 saturated heterocycles. The lowest BCUT2D eigenvalue weighted by molar-refractivity contribution is 0.213. The summed E-state index contributed by atoms with van der Waals surface area (Å²) < 4.78 is 6.50. The Morgan fingerprint density at radius 3 is 3.14 bits per heavy atom. The van der Waals surface area contributed by atoms with Crippen molar-refractivity contribution in [3.8, 4) is 10.7 Å². The monoisotopic (exact) mass is 395 g/mol. The summed E-state index contributed by atoms with van der Waals surface area (Å²) in [5.74, 6) is 1.37. The van der Waals surface area contributed by atoms with E-state index in [1.807, 2.05) is 11.4 Å². The Bertz CT molecular complexity index is 753. The smallest absolute Gasteiger partial charge is 0.241 e. The summed E-state index contributed by atoms with van der Waals surface area (Å²) in [7, 11) is 0. The van der Waals surface area contributed by atoms with Crippen molar-refractivity contribution >= 4 is 38.6 Å². The summed E-state index contributed by atoms with van der Waals surface area (Å²) >= 11 is 6.82. The zero-order valence-corrected chi connectivity index (χ0v) is 15.0. The van der Waals surface area contributed by atoms with E-state index in [9.17, 15) is 0 Å². The van der Waals surface area contributed by atoms with Crippen molar-refractivity contribution in [2.75, 3.05) is 6.54 Å². The van der Waals surface area contributed by atoms with E-state index in [0.717, 1.165) is 22.4 Å². The van der Waals surface area contributed by atoms with E-state index in [0.29, 0.717) is 17.8 Å². The van der Waals surface area contributed by atoms with Gasteiger partial charge in [0.05, 0.1) is 11.4 Å². The Morgan fingerprint density at radius 1 is 1.41 bits per heavy atom. The van der Waals surface area contributed by atoms with Gasteiger partial charge < -0.3 is 4.52 Å². The molecule has 7 heteroatoms. The average Bonchev–Trinajstić information content (AvgIpc) is 3.25. The number of halogens is 1. The number of likely N-dealkylation sites (tertiary alicyclic amines) is 1. The Balaban J connectivity index is 1.50. The van der Waals surface area contributed by atoms with Crippen LogP contribution >= 0.6 is 38.6 Å². The van der Waals surface area contributed by atoms with Crippen LogP contribution in [0.2, 0.25) is 0 Å². The van der Waals surface area contributed by atoms with Crippen LogP contribution in [0.3, 0.4) is 0 Å². The molecule has 4 rings (SSSR count). The van der Waals surface area contributed by atoms with Crippen molar-refractivity contribution in [1.29, 1.82) is 0 Å². The summed E-state index contributed by atoms with van der Waals surface area (Å²) in [4.78, 5) is 8.01. The molecule has 0 saturated carbocycles. The lowest BCUT2D eigenvalue weighted by Crippen LogP contribution is -2.22.